The van der Waals surface area contributed by atoms with Crippen molar-refractivity contribution in [1.82, 2.24) is 10.2 Å². The first kappa shape index (κ1) is 15.4. The Kier molecular flexibility index (Phi) is 5.47. The van der Waals surface area contributed by atoms with Gasteiger partial charge in [-0.05, 0) is 18.7 Å². The quantitative estimate of drug-likeness (QED) is 0.651. The van der Waals surface area contributed by atoms with Crippen molar-refractivity contribution in [3.63, 3.8) is 0 Å². The molecule has 1 atom stereocenters. The van der Waals surface area contributed by atoms with E-state index in [4.69, 9.17) is 4.74 Å². The molecular formula is C13H18BrN3O3. The standard InChI is InChI=1S/C13H18BrN3O3/c1-16(9-12-7-15-4-5-20-12)8-10-2-3-11(17(18)19)6-13(10)14/h2-3,6,12,15H,4-5,7-9H2,1H3. The van der Waals surface area contributed by atoms with Crippen molar-refractivity contribution in [2.24, 2.45) is 0 Å². The molecule has 1 aliphatic rings. The zero-order chi connectivity index (χ0) is 14.5. The fraction of sp³-hybridized carbons (Fsp3) is 0.538. The van der Waals surface area contributed by atoms with Gasteiger partial charge in [0, 0.05) is 42.8 Å². The third kappa shape index (κ3) is 4.24. The van der Waals surface area contributed by atoms with Gasteiger partial charge in [0.1, 0.15) is 0 Å². The summed E-state index contributed by atoms with van der Waals surface area (Å²) in [7, 11) is 2.02. The molecule has 1 saturated heterocycles. The molecule has 1 fully saturated rings. The predicted molar refractivity (Wildman–Crippen MR) is 79.7 cm³/mol. The average molecular weight is 344 g/mol. The minimum absolute atomic E-state index is 0.100. The SMILES string of the molecule is CN(Cc1ccc([N+](=O)[O-])cc1Br)CC1CNCCO1. The highest BCUT2D eigenvalue weighted by Crippen LogP contribution is 2.24. The monoisotopic (exact) mass is 343 g/mol. The molecule has 0 spiro atoms. The number of rotatable bonds is 5. The Morgan fingerprint density at radius 2 is 2.40 bits per heavy atom. The molecule has 0 amide bonds. The van der Waals surface area contributed by atoms with Crippen molar-refractivity contribution in [3.8, 4) is 0 Å². The summed E-state index contributed by atoms with van der Waals surface area (Å²) in [5, 5.41) is 14.0. The van der Waals surface area contributed by atoms with Crippen molar-refractivity contribution in [2.45, 2.75) is 12.6 Å². The van der Waals surface area contributed by atoms with Gasteiger partial charge in [0.2, 0.25) is 0 Å². The summed E-state index contributed by atoms with van der Waals surface area (Å²) in [6.07, 6.45) is 0.200. The van der Waals surface area contributed by atoms with E-state index in [9.17, 15) is 10.1 Å². The van der Waals surface area contributed by atoms with Gasteiger partial charge in [-0.25, -0.2) is 0 Å². The summed E-state index contributed by atoms with van der Waals surface area (Å²) in [6.45, 7) is 4.08. The molecule has 1 aromatic carbocycles. The Hall–Kier alpha value is -1.02. The summed E-state index contributed by atoms with van der Waals surface area (Å²) < 4.78 is 6.43. The molecule has 1 N–H and O–H groups in total. The molecule has 110 valence electrons. The van der Waals surface area contributed by atoms with Gasteiger partial charge in [0.25, 0.3) is 5.69 Å². The van der Waals surface area contributed by atoms with Crippen LogP contribution in [-0.4, -0.2) is 49.2 Å². The Balaban J connectivity index is 1.93. The molecule has 0 saturated carbocycles. The van der Waals surface area contributed by atoms with Crippen LogP contribution in [0.15, 0.2) is 22.7 Å². The second kappa shape index (κ2) is 7.12. The van der Waals surface area contributed by atoms with E-state index in [0.717, 1.165) is 42.8 Å². The molecule has 6 nitrogen and oxygen atoms in total. The van der Waals surface area contributed by atoms with Crippen LogP contribution in [-0.2, 0) is 11.3 Å². The Labute approximate surface area is 126 Å². The molecule has 2 rings (SSSR count). The summed E-state index contributed by atoms with van der Waals surface area (Å²) in [5.74, 6) is 0. The maximum absolute atomic E-state index is 10.7. The molecule has 0 radical (unpaired) electrons. The lowest BCUT2D eigenvalue weighted by Gasteiger charge is -2.28. The van der Waals surface area contributed by atoms with Crippen molar-refractivity contribution in [3.05, 3.63) is 38.3 Å². The minimum atomic E-state index is -0.389. The summed E-state index contributed by atoms with van der Waals surface area (Å²) in [4.78, 5) is 12.5. The number of nitro benzene ring substituents is 1. The molecule has 1 unspecified atom stereocenters. The Bertz CT molecular complexity index is 478. The average Bonchev–Trinajstić information content (AvgIpc) is 2.42. The van der Waals surface area contributed by atoms with Gasteiger partial charge in [0.15, 0.2) is 0 Å². The van der Waals surface area contributed by atoms with E-state index in [1.807, 2.05) is 7.05 Å². The van der Waals surface area contributed by atoms with Crippen LogP contribution in [0, 0.1) is 10.1 Å². The number of halogens is 1. The van der Waals surface area contributed by atoms with E-state index >= 15 is 0 Å². The minimum Gasteiger partial charge on any atom is -0.374 e. The second-order valence-electron chi connectivity index (χ2n) is 4.93. The van der Waals surface area contributed by atoms with Gasteiger partial charge in [-0.3, -0.25) is 15.0 Å². The number of nitrogens with zero attached hydrogens (tertiary/aromatic N) is 2. The number of nitrogens with one attached hydrogen (secondary N) is 1. The van der Waals surface area contributed by atoms with E-state index < -0.39 is 0 Å². The topological polar surface area (TPSA) is 67.6 Å². The maximum atomic E-state index is 10.7. The zero-order valence-corrected chi connectivity index (χ0v) is 12.9. The summed E-state index contributed by atoms with van der Waals surface area (Å²) in [5.41, 5.74) is 1.13. The van der Waals surface area contributed by atoms with Gasteiger partial charge in [-0.15, -0.1) is 0 Å². The number of non-ortho nitro benzene ring substituents is 1. The molecule has 7 heteroatoms. The van der Waals surface area contributed by atoms with Crippen molar-refractivity contribution < 1.29 is 9.66 Å². The van der Waals surface area contributed by atoms with Crippen LogP contribution in [0.25, 0.3) is 0 Å². The Morgan fingerprint density at radius 1 is 1.60 bits per heavy atom. The molecule has 1 aliphatic heterocycles. The van der Waals surface area contributed by atoms with Crippen LogP contribution < -0.4 is 5.32 Å². The van der Waals surface area contributed by atoms with Crippen LogP contribution in [0.2, 0.25) is 0 Å². The van der Waals surface area contributed by atoms with E-state index in [0.29, 0.717) is 0 Å². The van der Waals surface area contributed by atoms with Crippen LogP contribution >= 0.6 is 15.9 Å². The number of nitro groups is 1. The lowest BCUT2D eigenvalue weighted by Crippen LogP contribution is -2.44. The highest BCUT2D eigenvalue weighted by atomic mass is 79.9. The summed E-state index contributed by atoms with van der Waals surface area (Å²) >= 11 is 3.39. The van der Waals surface area contributed by atoms with Gasteiger partial charge in [0.05, 0.1) is 17.6 Å². The molecule has 1 aromatic rings. The highest BCUT2D eigenvalue weighted by Gasteiger charge is 2.16. The Morgan fingerprint density at radius 3 is 3.00 bits per heavy atom. The van der Waals surface area contributed by atoms with Gasteiger partial charge in [-0.2, -0.15) is 0 Å². The normalized spacial score (nSPS) is 19.2. The lowest BCUT2D eigenvalue weighted by molar-refractivity contribution is -0.384. The largest absolute Gasteiger partial charge is 0.374 e. The third-order valence-corrected chi connectivity index (χ3v) is 3.95. The first-order valence-electron chi connectivity index (χ1n) is 6.50. The van der Waals surface area contributed by atoms with Crippen LogP contribution in [0.1, 0.15) is 5.56 Å². The predicted octanol–water partition coefficient (Wildman–Crippen LogP) is 1.78. The van der Waals surface area contributed by atoms with Gasteiger partial charge < -0.3 is 10.1 Å². The van der Waals surface area contributed by atoms with Gasteiger partial charge in [-0.1, -0.05) is 15.9 Å². The molecule has 0 bridgehead atoms. The summed E-state index contributed by atoms with van der Waals surface area (Å²) in [6, 6.07) is 4.87. The molecule has 0 aromatic heterocycles. The molecule has 1 heterocycles. The van der Waals surface area contributed by atoms with Crippen LogP contribution in [0.5, 0.6) is 0 Å². The highest BCUT2D eigenvalue weighted by molar-refractivity contribution is 9.10. The van der Waals surface area contributed by atoms with Gasteiger partial charge >= 0.3 is 0 Å². The van der Waals surface area contributed by atoms with E-state index in [2.05, 4.69) is 26.1 Å². The molecular weight excluding hydrogens is 326 g/mol. The van der Waals surface area contributed by atoms with E-state index in [1.54, 1.807) is 12.1 Å². The van der Waals surface area contributed by atoms with Crippen LogP contribution in [0.4, 0.5) is 5.69 Å². The number of likely N-dealkylation sites (N-methyl/N-ethyl adjacent to an activating group) is 1. The van der Waals surface area contributed by atoms with E-state index in [-0.39, 0.29) is 16.7 Å². The number of hydrogen-bond donors (Lipinski definition) is 1. The smallest absolute Gasteiger partial charge is 0.270 e. The third-order valence-electron chi connectivity index (χ3n) is 3.21. The fourth-order valence-electron chi connectivity index (χ4n) is 2.22. The number of ether oxygens (including phenoxy) is 1. The molecule has 20 heavy (non-hydrogen) atoms. The lowest BCUT2D eigenvalue weighted by atomic mass is 10.2. The second-order valence-corrected chi connectivity index (χ2v) is 5.78. The number of morpholine rings is 1. The zero-order valence-electron chi connectivity index (χ0n) is 11.3. The number of benzene rings is 1. The van der Waals surface area contributed by atoms with Crippen molar-refractivity contribution >= 4 is 21.6 Å². The fourth-order valence-corrected chi connectivity index (χ4v) is 2.71. The van der Waals surface area contributed by atoms with Crippen molar-refractivity contribution in [1.29, 1.82) is 0 Å². The van der Waals surface area contributed by atoms with Crippen molar-refractivity contribution in [2.75, 3.05) is 33.3 Å². The maximum Gasteiger partial charge on any atom is 0.270 e. The first-order chi connectivity index (χ1) is 9.56. The number of hydrogen-bond acceptors (Lipinski definition) is 5. The first-order valence-corrected chi connectivity index (χ1v) is 7.29. The van der Waals surface area contributed by atoms with E-state index in [1.165, 1.54) is 6.07 Å². The molecule has 0 aliphatic carbocycles. The van der Waals surface area contributed by atoms with Crippen LogP contribution in [0.3, 0.4) is 0 Å².